The van der Waals surface area contributed by atoms with Crippen LogP contribution in [-0.4, -0.2) is 77.0 Å². The molecule has 1 amide bonds. The van der Waals surface area contributed by atoms with Crippen molar-refractivity contribution in [1.82, 2.24) is 4.90 Å². The van der Waals surface area contributed by atoms with Crippen molar-refractivity contribution >= 4 is 35.6 Å². The number of fused-ring (bicyclic) bond motifs is 2. The number of ether oxygens (including phenoxy) is 4. The second-order valence-corrected chi connectivity index (χ2v) is 16.0. The van der Waals surface area contributed by atoms with Gasteiger partial charge in [0, 0.05) is 11.6 Å². The molecule has 0 spiro atoms. The van der Waals surface area contributed by atoms with Crippen molar-refractivity contribution < 1.29 is 47.7 Å². The zero-order valence-corrected chi connectivity index (χ0v) is 29.4. The summed E-state index contributed by atoms with van der Waals surface area (Å²) in [7, 11) is 0. The summed E-state index contributed by atoms with van der Waals surface area (Å²) in [6.07, 6.45) is 2.35. The Labute approximate surface area is 292 Å². The summed E-state index contributed by atoms with van der Waals surface area (Å²) in [5.41, 5.74) is 0.880. The summed E-state index contributed by atoms with van der Waals surface area (Å²) in [6.45, 7) is 9.84. The number of carbonyl (C=O) groups excluding carboxylic acids is 6. The molecule has 1 saturated heterocycles. The van der Waals surface area contributed by atoms with E-state index in [1.165, 1.54) is 4.90 Å². The van der Waals surface area contributed by atoms with Crippen LogP contribution in [0.5, 0.6) is 0 Å². The standard InChI is InChI=1S/C39H45NO10/c1-38(2,3)49-36(45)33-27-15-25(27)16-28(33)35(44)48-19-31(41)23-11-7-21(8-12-23)22-9-13-24(14-10-22)34(43)47-20-32(42)30-18-26-17-29(26)40(30)37(46)50-39(4,5)6/h7-14,25-30,33H,15-20H2,1-6H3/t25?,26?,27?,28-,29?,30+,33?/m1/s1. The lowest BCUT2D eigenvalue weighted by molar-refractivity contribution is -0.167. The Morgan fingerprint density at radius 1 is 0.660 bits per heavy atom. The van der Waals surface area contributed by atoms with Gasteiger partial charge < -0.3 is 18.9 Å². The molecule has 3 saturated carbocycles. The number of likely N-dealkylation sites (tertiary alicyclic amines) is 1. The van der Waals surface area contributed by atoms with E-state index in [9.17, 15) is 28.8 Å². The van der Waals surface area contributed by atoms with Gasteiger partial charge >= 0.3 is 24.0 Å². The van der Waals surface area contributed by atoms with Gasteiger partial charge in [-0.15, -0.1) is 0 Å². The summed E-state index contributed by atoms with van der Waals surface area (Å²) >= 11 is 0. The Hall–Kier alpha value is -4.54. The van der Waals surface area contributed by atoms with Crippen LogP contribution >= 0.6 is 0 Å². The van der Waals surface area contributed by atoms with Crippen molar-refractivity contribution in [2.24, 2.45) is 29.6 Å². The van der Waals surface area contributed by atoms with E-state index in [0.29, 0.717) is 24.3 Å². The molecule has 2 aromatic carbocycles. The number of ketones is 2. The molecule has 266 valence electrons. The number of rotatable bonds is 10. The predicted molar refractivity (Wildman–Crippen MR) is 180 cm³/mol. The minimum Gasteiger partial charge on any atom is -0.460 e. The van der Waals surface area contributed by atoms with Crippen molar-refractivity contribution in [2.75, 3.05) is 13.2 Å². The highest BCUT2D eigenvalue weighted by molar-refractivity contribution is 5.99. The highest BCUT2D eigenvalue weighted by Gasteiger charge is 2.60. The second-order valence-electron chi connectivity index (χ2n) is 16.0. The summed E-state index contributed by atoms with van der Waals surface area (Å²) in [6, 6.07) is 12.8. The maximum atomic E-state index is 13.0. The minimum absolute atomic E-state index is 0.000812. The molecule has 2 aromatic rings. The Bertz CT molecular complexity index is 1560. The van der Waals surface area contributed by atoms with Gasteiger partial charge in [-0.3, -0.25) is 24.1 Å². The number of carbonyl (C=O) groups is 6. The molecule has 0 radical (unpaired) electrons. The highest BCUT2D eigenvalue weighted by atomic mass is 16.6. The van der Waals surface area contributed by atoms with Gasteiger partial charge in [-0.05, 0) is 108 Å². The molecule has 0 N–H and O–H groups in total. The van der Waals surface area contributed by atoms with Crippen molar-refractivity contribution in [3.8, 4) is 11.1 Å². The molecule has 7 atom stereocenters. The molecule has 1 heterocycles. The first-order valence-electron chi connectivity index (χ1n) is 17.3. The quantitative estimate of drug-likeness (QED) is 0.170. The van der Waals surface area contributed by atoms with Crippen molar-refractivity contribution in [2.45, 2.75) is 90.5 Å². The number of amides is 1. The maximum absolute atomic E-state index is 13.0. The van der Waals surface area contributed by atoms with E-state index < -0.39 is 60.3 Å². The normalized spacial score (nSPS) is 26.3. The summed E-state index contributed by atoms with van der Waals surface area (Å²) < 4.78 is 21.8. The van der Waals surface area contributed by atoms with E-state index >= 15 is 0 Å². The lowest BCUT2D eigenvalue weighted by atomic mass is 9.91. The van der Waals surface area contributed by atoms with Crippen LogP contribution in [0.3, 0.4) is 0 Å². The third-order valence-electron chi connectivity index (χ3n) is 9.84. The number of hydrogen-bond acceptors (Lipinski definition) is 10. The Kier molecular flexibility index (Phi) is 9.39. The number of Topliss-reactive ketones (excluding diaryl/α,β-unsaturated/α-hetero) is 2. The van der Waals surface area contributed by atoms with E-state index in [4.69, 9.17) is 18.9 Å². The van der Waals surface area contributed by atoms with Crippen molar-refractivity contribution in [1.29, 1.82) is 0 Å². The van der Waals surface area contributed by atoms with Gasteiger partial charge in [0.15, 0.2) is 24.8 Å². The molecule has 5 unspecified atom stereocenters. The number of esters is 3. The fourth-order valence-electron chi connectivity index (χ4n) is 7.32. The molecule has 50 heavy (non-hydrogen) atoms. The lowest BCUT2D eigenvalue weighted by Crippen LogP contribution is -2.46. The fraction of sp³-hybridized carbons (Fsp3) is 0.538. The van der Waals surface area contributed by atoms with Crippen LogP contribution in [-0.2, 0) is 33.3 Å². The average molecular weight is 688 g/mol. The summed E-state index contributed by atoms with van der Waals surface area (Å²) in [5.74, 6) is -2.67. The van der Waals surface area contributed by atoms with Crippen LogP contribution in [0.15, 0.2) is 48.5 Å². The smallest absolute Gasteiger partial charge is 0.411 e. The highest BCUT2D eigenvalue weighted by Crippen LogP contribution is 2.59. The third-order valence-corrected chi connectivity index (χ3v) is 9.84. The zero-order valence-electron chi connectivity index (χ0n) is 29.4. The number of piperidine rings is 1. The number of benzene rings is 2. The molecule has 1 aliphatic heterocycles. The largest absolute Gasteiger partial charge is 0.460 e. The van der Waals surface area contributed by atoms with Gasteiger partial charge in [0.25, 0.3) is 0 Å². The maximum Gasteiger partial charge on any atom is 0.411 e. The first-order chi connectivity index (χ1) is 23.5. The molecule has 0 bridgehead atoms. The summed E-state index contributed by atoms with van der Waals surface area (Å²) in [5, 5.41) is 0. The monoisotopic (exact) mass is 687 g/mol. The molecule has 6 rings (SSSR count). The second kappa shape index (κ2) is 13.3. The molecule has 4 aliphatic rings. The number of nitrogens with zero attached hydrogens (tertiary/aromatic N) is 1. The van der Waals surface area contributed by atoms with Crippen LogP contribution in [0.4, 0.5) is 4.79 Å². The van der Waals surface area contributed by atoms with E-state index in [-0.39, 0.29) is 41.0 Å². The van der Waals surface area contributed by atoms with Crippen LogP contribution in [0, 0.1) is 29.6 Å². The van der Waals surface area contributed by atoms with Crippen LogP contribution < -0.4 is 0 Å². The van der Waals surface area contributed by atoms with Crippen molar-refractivity contribution in [3.05, 3.63) is 59.7 Å². The molecular formula is C39H45NO10. The predicted octanol–water partition coefficient (Wildman–Crippen LogP) is 5.82. The van der Waals surface area contributed by atoms with E-state index in [0.717, 1.165) is 24.0 Å². The van der Waals surface area contributed by atoms with Gasteiger partial charge in [-0.2, -0.15) is 0 Å². The minimum atomic E-state index is -0.682. The Morgan fingerprint density at radius 2 is 1.26 bits per heavy atom. The fourth-order valence-corrected chi connectivity index (χ4v) is 7.32. The van der Waals surface area contributed by atoms with E-state index in [1.807, 2.05) is 0 Å². The van der Waals surface area contributed by atoms with Crippen LogP contribution in [0.2, 0.25) is 0 Å². The first-order valence-corrected chi connectivity index (χ1v) is 17.3. The third kappa shape index (κ3) is 7.92. The average Bonchev–Trinajstić information content (AvgIpc) is 3.92. The van der Waals surface area contributed by atoms with Gasteiger partial charge in [0.2, 0.25) is 0 Å². The molecule has 11 heteroatoms. The Balaban J connectivity index is 0.979. The van der Waals surface area contributed by atoms with Gasteiger partial charge in [0.1, 0.15) is 11.2 Å². The van der Waals surface area contributed by atoms with E-state index in [1.54, 1.807) is 90.1 Å². The van der Waals surface area contributed by atoms with Gasteiger partial charge in [-0.25, -0.2) is 9.59 Å². The molecule has 11 nitrogen and oxygen atoms in total. The van der Waals surface area contributed by atoms with Crippen molar-refractivity contribution in [3.63, 3.8) is 0 Å². The molecule has 3 aliphatic carbocycles. The molecule has 4 fully saturated rings. The zero-order chi connectivity index (χ0) is 36.1. The lowest BCUT2D eigenvalue weighted by Gasteiger charge is -2.29. The van der Waals surface area contributed by atoms with Crippen LogP contribution in [0.1, 0.15) is 87.9 Å². The topological polar surface area (TPSA) is 143 Å². The molecule has 0 aromatic heterocycles. The first kappa shape index (κ1) is 35.3. The number of hydrogen-bond donors (Lipinski definition) is 0. The Morgan fingerprint density at radius 3 is 1.86 bits per heavy atom. The SMILES string of the molecule is CC(C)(C)OC(=O)C1C2CC2C[C@H]1C(=O)OCC(=O)c1ccc(-c2ccc(C(=O)OCC(=O)[C@@H]3CC4CC4N3C(=O)OC(C)(C)C)cc2)cc1. The summed E-state index contributed by atoms with van der Waals surface area (Å²) in [4.78, 5) is 78.5. The van der Waals surface area contributed by atoms with E-state index in [2.05, 4.69) is 0 Å². The molecular weight excluding hydrogens is 642 g/mol. The van der Waals surface area contributed by atoms with Gasteiger partial charge in [-0.1, -0.05) is 36.4 Å². The van der Waals surface area contributed by atoms with Crippen LogP contribution in [0.25, 0.3) is 11.1 Å². The van der Waals surface area contributed by atoms with Gasteiger partial charge in [0.05, 0.1) is 23.4 Å².